The number of pyridine rings is 1. The number of hydrogen-bond donors (Lipinski definition) is 0. The van der Waals surface area contributed by atoms with Gasteiger partial charge in [-0.15, -0.1) is 15.3 Å². The SMILES string of the molecule is Cc1nnn(-c2ccc(C(F)F)cn2)c1COc1ccc(-n2cncn2)nn1. The van der Waals surface area contributed by atoms with E-state index in [0.717, 1.165) is 6.20 Å². The van der Waals surface area contributed by atoms with Gasteiger partial charge in [-0.3, -0.25) is 0 Å². The van der Waals surface area contributed by atoms with Crippen LogP contribution in [0, 0.1) is 6.92 Å². The minimum absolute atomic E-state index is 0.0917. The van der Waals surface area contributed by atoms with Crippen molar-refractivity contribution in [1.29, 1.82) is 0 Å². The molecule has 4 rings (SSSR count). The molecule has 0 aliphatic rings. The van der Waals surface area contributed by atoms with E-state index in [9.17, 15) is 8.78 Å². The van der Waals surface area contributed by atoms with Crippen molar-refractivity contribution in [1.82, 2.24) is 44.9 Å². The number of aryl methyl sites for hydroxylation is 1. The lowest BCUT2D eigenvalue weighted by Gasteiger charge is -2.08. The van der Waals surface area contributed by atoms with Crippen molar-refractivity contribution in [2.24, 2.45) is 0 Å². The largest absolute Gasteiger partial charge is 0.470 e. The lowest BCUT2D eigenvalue weighted by atomic mass is 10.3. The van der Waals surface area contributed by atoms with Crippen LogP contribution < -0.4 is 4.74 Å². The Hall–Kier alpha value is -3.83. The molecule has 4 aromatic rings. The Labute approximate surface area is 156 Å². The Kier molecular flexibility index (Phi) is 4.66. The summed E-state index contributed by atoms with van der Waals surface area (Å²) in [5, 5.41) is 20.0. The van der Waals surface area contributed by atoms with Gasteiger partial charge in [0.15, 0.2) is 11.6 Å². The van der Waals surface area contributed by atoms with Crippen LogP contribution in [0.25, 0.3) is 11.6 Å². The quantitative estimate of drug-likeness (QED) is 0.495. The maximum atomic E-state index is 12.7. The van der Waals surface area contributed by atoms with Gasteiger partial charge in [-0.1, -0.05) is 5.21 Å². The Balaban J connectivity index is 1.50. The van der Waals surface area contributed by atoms with E-state index in [0.29, 0.717) is 23.0 Å². The molecular weight excluding hydrogens is 372 g/mol. The minimum Gasteiger partial charge on any atom is -0.470 e. The third kappa shape index (κ3) is 3.51. The van der Waals surface area contributed by atoms with Gasteiger partial charge in [-0.05, 0) is 25.1 Å². The molecule has 4 aromatic heterocycles. The van der Waals surface area contributed by atoms with Gasteiger partial charge in [0, 0.05) is 17.8 Å². The molecule has 142 valence electrons. The highest BCUT2D eigenvalue weighted by molar-refractivity contribution is 5.28. The van der Waals surface area contributed by atoms with E-state index < -0.39 is 6.43 Å². The van der Waals surface area contributed by atoms with Crippen LogP contribution in [-0.4, -0.2) is 44.9 Å². The topological polar surface area (TPSA) is 109 Å². The molecule has 0 unspecified atom stereocenters. The number of nitrogens with zero attached hydrogens (tertiary/aromatic N) is 9. The monoisotopic (exact) mass is 385 g/mol. The average molecular weight is 385 g/mol. The van der Waals surface area contributed by atoms with E-state index in [4.69, 9.17) is 4.74 Å². The zero-order valence-electron chi connectivity index (χ0n) is 14.5. The molecule has 12 heteroatoms. The first-order valence-corrected chi connectivity index (χ1v) is 8.09. The standard InChI is InChI=1S/C16H13F2N9O/c1-10-12(27(25-22-10)13-3-2-11(6-20-13)16(17)18)7-28-15-5-4-14(23-24-15)26-9-19-8-21-26/h2-6,8-9,16H,7H2,1H3. The Morgan fingerprint density at radius 1 is 1.07 bits per heavy atom. The summed E-state index contributed by atoms with van der Waals surface area (Å²) in [5.74, 6) is 1.14. The summed E-state index contributed by atoms with van der Waals surface area (Å²) >= 11 is 0. The summed E-state index contributed by atoms with van der Waals surface area (Å²) in [6.45, 7) is 1.85. The molecule has 0 N–H and O–H groups in total. The highest BCUT2D eigenvalue weighted by Crippen LogP contribution is 2.19. The second kappa shape index (κ2) is 7.42. The second-order valence-electron chi connectivity index (χ2n) is 5.64. The first-order valence-electron chi connectivity index (χ1n) is 8.09. The van der Waals surface area contributed by atoms with Gasteiger partial charge in [0.1, 0.15) is 25.0 Å². The van der Waals surface area contributed by atoms with Crippen molar-refractivity contribution in [3.8, 4) is 17.5 Å². The summed E-state index contributed by atoms with van der Waals surface area (Å²) in [6, 6.07) is 6.07. The third-order valence-electron chi connectivity index (χ3n) is 3.83. The fraction of sp³-hybridized carbons (Fsp3) is 0.188. The van der Waals surface area contributed by atoms with Crippen LogP contribution in [0.1, 0.15) is 23.4 Å². The van der Waals surface area contributed by atoms with E-state index in [1.54, 1.807) is 19.1 Å². The summed E-state index contributed by atoms with van der Waals surface area (Å²) in [4.78, 5) is 7.86. The maximum Gasteiger partial charge on any atom is 0.265 e. The summed E-state index contributed by atoms with van der Waals surface area (Å²) < 4.78 is 33.9. The molecule has 0 bridgehead atoms. The molecule has 0 aromatic carbocycles. The van der Waals surface area contributed by atoms with E-state index in [1.807, 2.05) is 0 Å². The number of aromatic nitrogens is 9. The van der Waals surface area contributed by atoms with Crippen LogP contribution in [0.2, 0.25) is 0 Å². The number of halogens is 2. The number of alkyl halides is 2. The highest BCUT2D eigenvalue weighted by Gasteiger charge is 2.15. The molecule has 0 spiro atoms. The van der Waals surface area contributed by atoms with E-state index in [1.165, 1.54) is 34.2 Å². The fourth-order valence-corrected chi connectivity index (χ4v) is 2.36. The molecular formula is C16H13F2N9O. The molecule has 10 nitrogen and oxygen atoms in total. The Bertz CT molecular complexity index is 1050. The summed E-state index contributed by atoms with van der Waals surface area (Å²) in [5.41, 5.74) is 1.06. The predicted molar refractivity (Wildman–Crippen MR) is 90.1 cm³/mol. The Morgan fingerprint density at radius 2 is 1.93 bits per heavy atom. The molecule has 0 aliphatic carbocycles. The minimum atomic E-state index is -2.58. The summed E-state index contributed by atoms with van der Waals surface area (Å²) in [7, 11) is 0. The van der Waals surface area contributed by atoms with Gasteiger partial charge in [-0.2, -0.15) is 9.78 Å². The van der Waals surface area contributed by atoms with Gasteiger partial charge in [0.2, 0.25) is 5.88 Å². The first kappa shape index (κ1) is 17.6. The number of hydrogen-bond acceptors (Lipinski definition) is 8. The maximum absolute atomic E-state index is 12.7. The molecule has 0 aliphatic heterocycles. The highest BCUT2D eigenvalue weighted by atomic mass is 19.3. The van der Waals surface area contributed by atoms with Gasteiger partial charge >= 0.3 is 0 Å². The molecule has 0 radical (unpaired) electrons. The van der Waals surface area contributed by atoms with Crippen molar-refractivity contribution in [2.45, 2.75) is 20.0 Å². The van der Waals surface area contributed by atoms with E-state index in [-0.39, 0.29) is 18.1 Å². The normalized spacial score (nSPS) is 11.1. The van der Waals surface area contributed by atoms with Crippen LogP contribution in [-0.2, 0) is 6.61 Å². The lowest BCUT2D eigenvalue weighted by molar-refractivity contribution is 0.151. The predicted octanol–water partition coefficient (Wildman–Crippen LogP) is 1.86. The van der Waals surface area contributed by atoms with Crippen LogP contribution >= 0.6 is 0 Å². The molecule has 0 atom stereocenters. The molecule has 4 heterocycles. The summed E-state index contributed by atoms with van der Waals surface area (Å²) in [6.07, 6.45) is 1.42. The molecule has 0 saturated carbocycles. The number of rotatable bonds is 6. The van der Waals surface area contributed by atoms with Gasteiger partial charge < -0.3 is 4.74 Å². The number of ether oxygens (including phenoxy) is 1. The van der Waals surface area contributed by atoms with Crippen LogP contribution in [0.5, 0.6) is 5.88 Å². The van der Waals surface area contributed by atoms with Crippen molar-refractivity contribution in [3.63, 3.8) is 0 Å². The average Bonchev–Trinajstić information content (AvgIpc) is 3.37. The molecule has 0 amide bonds. The van der Waals surface area contributed by atoms with Gasteiger partial charge in [0.25, 0.3) is 6.43 Å². The first-order chi connectivity index (χ1) is 13.6. The smallest absolute Gasteiger partial charge is 0.265 e. The molecule has 28 heavy (non-hydrogen) atoms. The lowest BCUT2D eigenvalue weighted by Crippen LogP contribution is -2.09. The zero-order valence-corrected chi connectivity index (χ0v) is 14.5. The van der Waals surface area contributed by atoms with Crippen molar-refractivity contribution < 1.29 is 13.5 Å². The fourth-order valence-electron chi connectivity index (χ4n) is 2.36. The van der Waals surface area contributed by atoms with Crippen molar-refractivity contribution in [3.05, 3.63) is 60.1 Å². The van der Waals surface area contributed by atoms with Crippen molar-refractivity contribution in [2.75, 3.05) is 0 Å². The van der Waals surface area contributed by atoms with E-state index >= 15 is 0 Å². The second-order valence-corrected chi connectivity index (χ2v) is 5.64. The van der Waals surface area contributed by atoms with Crippen molar-refractivity contribution >= 4 is 0 Å². The molecule has 0 saturated heterocycles. The van der Waals surface area contributed by atoms with Crippen LogP contribution in [0.3, 0.4) is 0 Å². The van der Waals surface area contributed by atoms with Gasteiger partial charge in [-0.25, -0.2) is 23.4 Å². The van der Waals surface area contributed by atoms with Crippen LogP contribution in [0.15, 0.2) is 43.1 Å². The molecule has 0 fully saturated rings. The van der Waals surface area contributed by atoms with Gasteiger partial charge in [0.05, 0.1) is 5.69 Å². The van der Waals surface area contributed by atoms with E-state index in [2.05, 4.69) is 35.6 Å². The third-order valence-corrected chi connectivity index (χ3v) is 3.83. The Morgan fingerprint density at radius 3 is 2.57 bits per heavy atom. The zero-order chi connectivity index (χ0) is 19.5. The van der Waals surface area contributed by atoms with Crippen LogP contribution in [0.4, 0.5) is 8.78 Å².